The Morgan fingerprint density at radius 3 is 2.77 bits per heavy atom. The number of aromatic nitrogens is 1. The van der Waals surface area contributed by atoms with Crippen LogP contribution in [0.3, 0.4) is 0 Å². The standard InChI is InChI=1S/C11H12N2/c1-4-10-9(6-12)7-13-11(10)5-8(2)3/h4-5,7,13H,1H2,2-3H3. The van der Waals surface area contributed by atoms with Crippen LogP contribution in [0.15, 0.2) is 18.3 Å². The van der Waals surface area contributed by atoms with Crippen molar-refractivity contribution >= 4 is 12.2 Å². The van der Waals surface area contributed by atoms with E-state index in [4.69, 9.17) is 5.26 Å². The SMILES string of the molecule is C=Cc1c(C#N)c[nH]c1C=C(C)C. The van der Waals surface area contributed by atoms with E-state index in [-0.39, 0.29) is 0 Å². The lowest BCUT2D eigenvalue weighted by Gasteiger charge is -1.93. The quantitative estimate of drug-likeness (QED) is 0.731. The Labute approximate surface area is 78.2 Å². The number of hydrogen-bond donors (Lipinski definition) is 1. The minimum atomic E-state index is 0.641. The van der Waals surface area contributed by atoms with E-state index in [1.165, 1.54) is 5.57 Å². The Morgan fingerprint density at radius 1 is 1.62 bits per heavy atom. The van der Waals surface area contributed by atoms with Crippen LogP contribution in [0.5, 0.6) is 0 Å². The fourth-order valence-electron chi connectivity index (χ4n) is 1.17. The van der Waals surface area contributed by atoms with Crippen molar-refractivity contribution in [1.82, 2.24) is 4.98 Å². The van der Waals surface area contributed by atoms with Crippen LogP contribution < -0.4 is 0 Å². The summed E-state index contributed by atoms with van der Waals surface area (Å²) in [6.45, 7) is 7.71. The molecule has 0 bridgehead atoms. The van der Waals surface area contributed by atoms with Gasteiger partial charge in [-0.25, -0.2) is 0 Å². The Bertz CT molecular complexity index is 385. The molecule has 0 aliphatic carbocycles. The molecule has 0 spiro atoms. The normalized spacial score (nSPS) is 9.00. The molecule has 0 radical (unpaired) electrons. The van der Waals surface area contributed by atoms with E-state index in [1.54, 1.807) is 12.3 Å². The molecule has 0 amide bonds. The van der Waals surface area contributed by atoms with Crippen LogP contribution in [-0.2, 0) is 0 Å². The first kappa shape index (κ1) is 9.34. The Hall–Kier alpha value is -1.75. The maximum atomic E-state index is 8.76. The van der Waals surface area contributed by atoms with Gasteiger partial charge in [-0.1, -0.05) is 18.2 Å². The maximum absolute atomic E-state index is 8.76. The van der Waals surface area contributed by atoms with Gasteiger partial charge in [-0.2, -0.15) is 5.26 Å². The molecule has 0 saturated carbocycles. The van der Waals surface area contributed by atoms with Gasteiger partial charge in [0.1, 0.15) is 6.07 Å². The van der Waals surface area contributed by atoms with Gasteiger partial charge in [0.15, 0.2) is 0 Å². The number of allylic oxidation sites excluding steroid dienone is 1. The van der Waals surface area contributed by atoms with E-state index in [2.05, 4.69) is 17.6 Å². The molecule has 0 fully saturated rings. The summed E-state index contributed by atoms with van der Waals surface area (Å²) in [6, 6.07) is 2.11. The van der Waals surface area contributed by atoms with Crippen LogP contribution in [-0.4, -0.2) is 4.98 Å². The Balaban J connectivity index is 3.25. The van der Waals surface area contributed by atoms with Crippen LogP contribution in [0.4, 0.5) is 0 Å². The second-order valence-corrected chi connectivity index (χ2v) is 3.07. The zero-order chi connectivity index (χ0) is 9.84. The van der Waals surface area contributed by atoms with Crippen molar-refractivity contribution in [2.24, 2.45) is 0 Å². The third-order valence-corrected chi connectivity index (χ3v) is 1.71. The number of nitrogens with zero attached hydrogens (tertiary/aromatic N) is 1. The Kier molecular flexibility index (Phi) is 2.71. The second kappa shape index (κ2) is 3.77. The lowest BCUT2D eigenvalue weighted by Crippen LogP contribution is -1.78. The molecule has 1 heterocycles. The first-order valence-electron chi connectivity index (χ1n) is 4.08. The van der Waals surface area contributed by atoms with Crippen LogP contribution in [0.25, 0.3) is 12.2 Å². The smallest absolute Gasteiger partial charge is 0.101 e. The fourth-order valence-corrected chi connectivity index (χ4v) is 1.17. The van der Waals surface area contributed by atoms with E-state index in [9.17, 15) is 0 Å². The molecule has 2 nitrogen and oxygen atoms in total. The van der Waals surface area contributed by atoms with Crippen molar-refractivity contribution in [2.45, 2.75) is 13.8 Å². The van der Waals surface area contributed by atoms with Gasteiger partial charge < -0.3 is 4.98 Å². The summed E-state index contributed by atoms with van der Waals surface area (Å²) in [5.41, 5.74) is 3.66. The monoisotopic (exact) mass is 172 g/mol. The summed E-state index contributed by atoms with van der Waals surface area (Å²) >= 11 is 0. The predicted octanol–water partition coefficient (Wildman–Crippen LogP) is 2.95. The summed E-state index contributed by atoms with van der Waals surface area (Å²) in [5, 5.41) is 8.76. The van der Waals surface area contributed by atoms with Gasteiger partial charge in [-0.15, -0.1) is 0 Å². The van der Waals surface area contributed by atoms with Crippen molar-refractivity contribution in [3.8, 4) is 6.07 Å². The van der Waals surface area contributed by atoms with Crippen molar-refractivity contribution in [3.05, 3.63) is 35.2 Å². The summed E-state index contributed by atoms with van der Waals surface area (Å²) in [6.07, 6.45) is 5.40. The van der Waals surface area contributed by atoms with Crippen LogP contribution in [0, 0.1) is 11.3 Å². The largest absolute Gasteiger partial charge is 0.360 e. The maximum Gasteiger partial charge on any atom is 0.101 e. The summed E-state index contributed by atoms with van der Waals surface area (Å²) in [7, 11) is 0. The number of H-pyrrole nitrogens is 1. The van der Waals surface area contributed by atoms with E-state index in [1.807, 2.05) is 19.9 Å². The molecular formula is C11H12N2. The number of nitrogens with one attached hydrogen (secondary N) is 1. The highest BCUT2D eigenvalue weighted by Gasteiger charge is 2.04. The van der Waals surface area contributed by atoms with Crippen LogP contribution in [0.1, 0.15) is 30.7 Å². The van der Waals surface area contributed by atoms with E-state index in [0.717, 1.165) is 11.3 Å². The minimum absolute atomic E-state index is 0.641. The number of hydrogen-bond acceptors (Lipinski definition) is 1. The third kappa shape index (κ3) is 1.88. The molecule has 1 N–H and O–H groups in total. The minimum Gasteiger partial charge on any atom is -0.360 e. The zero-order valence-corrected chi connectivity index (χ0v) is 7.89. The van der Waals surface area contributed by atoms with Gasteiger partial charge >= 0.3 is 0 Å². The van der Waals surface area contributed by atoms with Gasteiger partial charge in [-0.3, -0.25) is 0 Å². The van der Waals surface area contributed by atoms with Gasteiger partial charge in [-0.05, 0) is 19.9 Å². The molecule has 0 unspecified atom stereocenters. The zero-order valence-electron chi connectivity index (χ0n) is 7.89. The molecule has 1 aromatic heterocycles. The molecule has 13 heavy (non-hydrogen) atoms. The van der Waals surface area contributed by atoms with E-state index >= 15 is 0 Å². The Morgan fingerprint density at radius 2 is 2.31 bits per heavy atom. The van der Waals surface area contributed by atoms with E-state index < -0.39 is 0 Å². The highest BCUT2D eigenvalue weighted by molar-refractivity contribution is 5.68. The molecule has 2 heteroatoms. The molecule has 1 aromatic rings. The van der Waals surface area contributed by atoms with E-state index in [0.29, 0.717) is 5.56 Å². The first-order valence-corrected chi connectivity index (χ1v) is 4.08. The van der Waals surface area contributed by atoms with Gasteiger partial charge in [0.05, 0.1) is 5.56 Å². The van der Waals surface area contributed by atoms with Crippen LogP contribution >= 0.6 is 0 Å². The molecule has 0 saturated heterocycles. The number of aromatic amines is 1. The average molecular weight is 172 g/mol. The molecular weight excluding hydrogens is 160 g/mol. The summed E-state index contributed by atoms with van der Waals surface area (Å²) in [5.74, 6) is 0. The average Bonchev–Trinajstić information content (AvgIpc) is 2.45. The fraction of sp³-hybridized carbons (Fsp3) is 0.182. The molecule has 66 valence electrons. The van der Waals surface area contributed by atoms with Crippen molar-refractivity contribution in [1.29, 1.82) is 5.26 Å². The van der Waals surface area contributed by atoms with Gasteiger partial charge in [0.2, 0.25) is 0 Å². The van der Waals surface area contributed by atoms with Crippen molar-refractivity contribution in [2.75, 3.05) is 0 Å². The lowest BCUT2D eigenvalue weighted by atomic mass is 10.1. The highest BCUT2D eigenvalue weighted by Crippen LogP contribution is 2.17. The first-order chi connectivity index (χ1) is 6.19. The lowest BCUT2D eigenvalue weighted by molar-refractivity contribution is 1.34. The molecule has 0 aromatic carbocycles. The van der Waals surface area contributed by atoms with Crippen molar-refractivity contribution in [3.63, 3.8) is 0 Å². The van der Waals surface area contributed by atoms with Gasteiger partial charge in [0, 0.05) is 17.5 Å². The number of nitriles is 1. The molecule has 0 aliphatic rings. The second-order valence-electron chi connectivity index (χ2n) is 3.07. The molecule has 0 atom stereocenters. The third-order valence-electron chi connectivity index (χ3n) is 1.71. The van der Waals surface area contributed by atoms with Crippen molar-refractivity contribution < 1.29 is 0 Å². The predicted molar refractivity (Wildman–Crippen MR) is 54.9 cm³/mol. The summed E-state index contributed by atoms with van der Waals surface area (Å²) in [4.78, 5) is 3.04. The molecule has 1 rings (SSSR count). The molecule has 0 aliphatic heterocycles. The summed E-state index contributed by atoms with van der Waals surface area (Å²) < 4.78 is 0. The topological polar surface area (TPSA) is 39.6 Å². The van der Waals surface area contributed by atoms with Gasteiger partial charge in [0.25, 0.3) is 0 Å². The highest BCUT2D eigenvalue weighted by atomic mass is 14.7. The van der Waals surface area contributed by atoms with Crippen LogP contribution in [0.2, 0.25) is 0 Å². The number of rotatable bonds is 2.